The largest absolute Gasteiger partial charge is 0.273 e. The van der Waals surface area contributed by atoms with E-state index in [0.29, 0.717) is 12.2 Å². The second-order valence-corrected chi connectivity index (χ2v) is 7.01. The zero-order chi connectivity index (χ0) is 17.6. The molecule has 3 aromatic rings. The molecule has 0 fully saturated rings. The Hall–Kier alpha value is -2.58. The highest BCUT2D eigenvalue weighted by Crippen LogP contribution is 2.26. The summed E-state index contributed by atoms with van der Waals surface area (Å²) in [6, 6.07) is 18.9. The first-order chi connectivity index (χ1) is 12.2. The lowest BCUT2D eigenvalue weighted by Crippen LogP contribution is -2.06. The second kappa shape index (κ2) is 8.00. The highest BCUT2D eigenvalue weighted by atomic mass is 32.2. The third kappa shape index (κ3) is 4.09. The molecular formula is C20H20N4S. The Morgan fingerprint density at radius 2 is 1.88 bits per heavy atom. The molecule has 0 aliphatic rings. The van der Waals surface area contributed by atoms with E-state index in [4.69, 9.17) is 5.26 Å². The van der Waals surface area contributed by atoms with E-state index in [2.05, 4.69) is 65.0 Å². The average Bonchev–Trinajstić information content (AvgIpc) is 2.99. The molecule has 5 heteroatoms. The number of hydrogen-bond acceptors (Lipinski definition) is 4. The van der Waals surface area contributed by atoms with Crippen LogP contribution in [0.25, 0.3) is 5.69 Å². The summed E-state index contributed by atoms with van der Waals surface area (Å²) in [6.45, 7) is 4.20. The minimum absolute atomic E-state index is 0.498. The van der Waals surface area contributed by atoms with E-state index in [0.717, 1.165) is 23.1 Å². The van der Waals surface area contributed by atoms with Gasteiger partial charge in [-0.05, 0) is 31.0 Å². The van der Waals surface area contributed by atoms with Crippen molar-refractivity contribution in [2.45, 2.75) is 31.8 Å². The predicted octanol–water partition coefficient (Wildman–Crippen LogP) is 4.48. The van der Waals surface area contributed by atoms with E-state index in [1.54, 1.807) is 11.8 Å². The number of aromatic nitrogens is 3. The molecular weight excluding hydrogens is 328 g/mol. The Bertz CT molecular complexity index is 894. The third-order valence-electron chi connectivity index (χ3n) is 3.94. The summed E-state index contributed by atoms with van der Waals surface area (Å²) in [5.74, 6) is 1.63. The van der Waals surface area contributed by atoms with Crippen LogP contribution in [0.3, 0.4) is 0 Å². The third-order valence-corrected chi connectivity index (χ3v) is 4.87. The summed E-state index contributed by atoms with van der Waals surface area (Å²) in [6.07, 6.45) is 1.22. The summed E-state index contributed by atoms with van der Waals surface area (Å²) in [5, 5.41) is 18.5. The Balaban J connectivity index is 2.02. The molecule has 0 radical (unpaired) electrons. The number of thioether (sulfide) groups is 1. The van der Waals surface area contributed by atoms with Crippen LogP contribution in [0.5, 0.6) is 0 Å². The van der Waals surface area contributed by atoms with Crippen molar-refractivity contribution in [2.75, 3.05) is 5.75 Å². The highest BCUT2D eigenvalue weighted by Gasteiger charge is 2.16. The van der Waals surface area contributed by atoms with Crippen molar-refractivity contribution < 1.29 is 0 Å². The van der Waals surface area contributed by atoms with Crippen LogP contribution in [0, 0.1) is 25.2 Å². The van der Waals surface area contributed by atoms with Gasteiger partial charge in [-0.15, -0.1) is 10.2 Å². The Labute approximate surface area is 152 Å². The maximum atomic E-state index is 8.80. The highest BCUT2D eigenvalue weighted by molar-refractivity contribution is 7.99. The molecule has 2 aromatic carbocycles. The number of benzene rings is 2. The van der Waals surface area contributed by atoms with Crippen molar-refractivity contribution >= 4 is 11.8 Å². The van der Waals surface area contributed by atoms with Crippen LogP contribution in [0.1, 0.15) is 28.9 Å². The molecule has 0 amide bonds. The van der Waals surface area contributed by atoms with Crippen LogP contribution in [0.15, 0.2) is 53.7 Å². The molecule has 126 valence electrons. The van der Waals surface area contributed by atoms with E-state index >= 15 is 0 Å². The Kier molecular flexibility index (Phi) is 5.52. The average molecular weight is 348 g/mol. The van der Waals surface area contributed by atoms with Gasteiger partial charge in [-0.1, -0.05) is 59.8 Å². The topological polar surface area (TPSA) is 54.5 Å². The zero-order valence-corrected chi connectivity index (χ0v) is 15.3. The van der Waals surface area contributed by atoms with Gasteiger partial charge in [-0.3, -0.25) is 4.57 Å². The number of rotatable bonds is 6. The van der Waals surface area contributed by atoms with Crippen molar-refractivity contribution in [3.05, 3.63) is 71.0 Å². The molecule has 1 aromatic heterocycles. The van der Waals surface area contributed by atoms with Crippen LogP contribution >= 0.6 is 11.8 Å². The summed E-state index contributed by atoms with van der Waals surface area (Å²) < 4.78 is 2.13. The molecule has 0 atom stereocenters. The van der Waals surface area contributed by atoms with Crippen molar-refractivity contribution in [3.63, 3.8) is 0 Å². The number of hydrogen-bond donors (Lipinski definition) is 0. The van der Waals surface area contributed by atoms with E-state index in [-0.39, 0.29) is 0 Å². The molecule has 25 heavy (non-hydrogen) atoms. The van der Waals surface area contributed by atoms with Crippen LogP contribution in [0.4, 0.5) is 0 Å². The lowest BCUT2D eigenvalue weighted by molar-refractivity contribution is 0.841. The molecule has 1 heterocycles. The minimum atomic E-state index is 0.498. The van der Waals surface area contributed by atoms with Gasteiger partial charge in [-0.25, -0.2) is 0 Å². The number of nitriles is 1. The standard InChI is InChI=1S/C20H20N4S/c1-15-9-10-18(16(2)13-15)24-19(14-17-7-4-3-5-8-17)22-23-20(24)25-12-6-11-21/h3-5,7-10,13H,6,12,14H2,1-2H3. The number of nitrogens with zero attached hydrogens (tertiary/aromatic N) is 4. The molecule has 0 spiro atoms. The number of aryl methyl sites for hydroxylation is 2. The fraction of sp³-hybridized carbons (Fsp3) is 0.250. The van der Waals surface area contributed by atoms with Gasteiger partial charge in [0.25, 0.3) is 0 Å². The normalized spacial score (nSPS) is 10.6. The van der Waals surface area contributed by atoms with E-state index in [1.807, 2.05) is 18.2 Å². The molecule has 0 saturated heterocycles. The minimum Gasteiger partial charge on any atom is -0.273 e. The first-order valence-corrected chi connectivity index (χ1v) is 9.23. The van der Waals surface area contributed by atoms with Crippen molar-refractivity contribution in [1.82, 2.24) is 14.8 Å². The van der Waals surface area contributed by atoms with Crippen LogP contribution in [0.2, 0.25) is 0 Å². The molecule has 0 unspecified atom stereocenters. The molecule has 4 nitrogen and oxygen atoms in total. The Morgan fingerprint density at radius 3 is 2.60 bits per heavy atom. The van der Waals surface area contributed by atoms with E-state index in [1.165, 1.54) is 16.7 Å². The lowest BCUT2D eigenvalue weighted by atomic mass is 10.1. The Morgan fingerprint density at radius 1 is 1.08 bits per heavy atom. The maximum Gasteiger partial charge on any atom is 0.195 e. The monoisotopic (exact) mass is 348 g/mol. The summed E-state index contributed by atoms with van der Waals surface area (Å²) in [5.41, 5.74) is 4.73. The fourth-order valence-electron chi connectivity index (χ4n) is 2.77. The quantitative estimate of drug-likeness (QED) is 0.487. The molecule has 3 rings (SSSR count). The van der Waals surface area contributed by atoms with Gasteiger partial charge in [0.15, 0.2) is 5.16 Å². The van der Waals surface area contributed by atoms with Gasteiger partial charge < -0.3 is 0 Å². The van der Waals surface area contributed by atoms with Crippen molar-refractivity contribution in [3.8, 4) is 11.8 Å². The summed E-state index contributed by atoms with van der Waals surface area (Å²) in [7, 11) is 0. The zero-order valence-electron chi connectivity index (χ0n) is 14.4. The van der Waals surface area contributed by atoms with Crippen LogP contribution in [-0.2, 0) is 6.42 Å². The molecule has 0 N–H and O–H groups in total. The van der Waals surface area contributed by atoms with Gasteiger partial charge >= 0.3 is 0 Å². The first kappa shape index (κ1) is 17.2. The van der Waals surface area contributed by atoms with Crippen molar-refractivity contribution in [1.29, 1.82) is 5.26 Å². The van der Waals surface area contributed by atoms with Crippen LogP contribution in [-0.4, -0.2) is 20.5 Å². The molecule has 0 bridgehead atoms. The summed E-state index contributed by atoms with van der Waals surface area (Å²) in [4.78, 5) is 0. The molecule has 0 saturated carbocycles. The van der Waals surface area contributed by atoms with Crippen LogP contribution < -0.4 is 0 Å². The predicted molar refractivity (Wildman–Crippen MR) is 101 cm³/mol. The maximum absolute atomic E-state index is 8.80. The fourth-order valence-corrected chi connectivity index (χ4v) is 3.58. The van der Waals surface area contributed by atoms with E-state index in [9.17, 15) is 0 Å². The van der Waals surface area contributed by atoms with Gasteiger partial charge in [0, 0.05) is 18.6 Å². The lowest BCUT2D eigenvalue weighted by Gasteiger charge is -2.13. The van der Waals surface area contributed by atoms with Gasteiger partial charge in [0.1, 0.15) is 5.82 Å². The molecule has 0 aliphatic heterocycles. The molecule has 0 aliphatic carbocycles. The smallest absolute Gasteiger partial charge is 0.195 e. The second-order valence-electron chi connectivity index (χ2n) is 5.94. The van der Waals surface area contributed by atoms with Gasteiger partial charge in [0.2, 0.25) is 0 Å². The first-order valence-electron chi connectivity index (χ1n) is 8.24. The van der Waals surface area contributed by atoms with Gasteiger partial charge in [0.05, 0.1) is 11.8 Å². The van der Waals surface area contributed by atoms with Gasteiger partial charge in [-0.2, -0.15) is 5.26 Å². The van der Waals surface area contributed by atoms with Crippen molar-refractivity contribution in [2.24, 2.45) is 0 Å². The van der Waals surface area contributed by atoms with E-state index < -0.39 is 0 Å². The SMILES string of the molecule is Cc1ccc(-n2c(Cc3ccccc3)nnc2SCCC#N)c(C)c1. The summed E-state index contributed by atoms with van der Waals surface area (Å²) >= 11 is 1.58.